The highest BCUT2D eigenvalue weighted by Gasteiger charge is 2.32. The zero-order valence-corrected chi connectivity index (χ0v) is 18.0. The second kappa shape index (κ2) is 10.2. The molecule has 3 rings (SSSR count). The first-order valence-electron chi connectivity index (χ1n) is 9.81. The molecule has 0 aromatic heterocycles. The molecular formula is C21H20F3N3O5S. The van der Waals surface area contributed by atoms with E-state index in [4.69, 9.17) is 10.1 Å². The molecule has 1 unspecified atom stereocenters. The Hall–Kier alpha value is -3.14. The Balaban J connectivity index is 1.61. The van der Waals surface area contributed by atoms with E-state index in [1.165, 1.54) is 4.31 Å². The Bertz CT molecular complexity index is 1130. The van der Waals surface area contributed by atoms with Crippen LogP contribution in [0.3, 0.4) is 0 Å². The molecule has 33 heavy (non-hydrogen) atoms. The number of hydrogen-bond donors (Lipinski definition) is 1. The van der Waals surface area contributed by atoms with Crippen LogP contribution in [-0.2, 0) is 14.9 Å². The van der Waals surface area contributed by atoms with E-state index in [2.05, 4.69) is 9.89 Å². The van der Waals surface area contributed by atoms with Crippen LogP contribution in [0.1, 0.15) is 30.1 Å². The lowest BCUT2D eigenvalue weighted by atomic mass is 10.1. The van der Waals surface area contributed by atoms with Gasteiger partial charge in [0.05, 0.1) is 28.8 Å². The monoisotopic (exact) mass is 483 g/mol. The van der Waals surface area contributed by atoms with Crippen LogP contribution in [0.2, 0.25) is 0 Å². The Morgan fingerprint density at radius 1 is 1.15 bits per heavy atom. The van der Waals surface area contributed by atoms with Gasteiger partial charge in [0.2, 0.25) is 10.0 Å². The smallest absolute Gasteiger partial charge is 0.406 e. The summed E-state index contributed by atoms with van der Waals surface area (Å²) in [6.45, 7) is -0.141. The van der Waals surface area contributed by atoms with Crippen LogP contribution >= 0.6 is 0 Å². The van der Waals surface area contributed by atoms with E-state index in [1.54, 1.807) is 24.3 Å². The largest absolute Gasteiger partial charge is 0.573 e. The number of hydrogen-bond acceptors (Lipinski definition) is 7. The van der Waals surface area contributed by atoms with Gasteiger partial charge in [0.1, 0.15) is 5.75 Å². The molecule has 0 bridgehead atoms. The summed E-state index contributed by atoms with van der Waals surface area (Å²) in [4.78, 5) is 5.28. The Kier molecular flexibility index (Phi) is 7.57. The average Bonchev–Trinajstić information content (AvgIpc) is 2.79. The summed E-state index contributed by atoms with van der Waals surface area (Å²) in [6.07, 6.45) is -5.07. The first kappa shape index (κ1) is 24.5. The van der Waals surface area contributed by atoms with Crippen molar-refractivity contribution >= 4 is 15.7 Å². The number of aliphatic hydroxyl groups excluding tert-OH is 1. The van der Waals surface area contributed by atoms with E-state index >= 15 is 0 Å². The van der Waals surface area contributed by atoms with E-state index < -0.39 is 28.2 Å². The number of benzene rings is 2. The molecule has 1 aliphatic rings. The van der Waals surface area contributed by atoms with E-state index in [0.29, 0.717) is 16.8 Å². The molecule has 0 saturated carbocycles. The molecule has 0 amide bonds. The normalized spacial score (nSPS) is 16.0. The van der Waals surface area contributed by atoms with Crippen LogP contribution in [0.25, 0.3) is 0 Å². The van der Waals surface area contributed by atoms with Crippen LogP contribution in [0.5, 0.6) is 5.75 Å². The van der Waals surface area contributed by atoms with Crippen molar-refractivity contribution in [3.63, 3.8) is 0 Å². The van der Waals surface area contributed by atoms with Crippen LogP contribution in [0.15, 0.2) is 58.6 Å². The van der Waals surface area contributed by atoms with Crippen molar-refractivity contribution in [2.24, 2.45) is 5.16 Å². The van der Waals surface area contributed by atoms with Crippen LogP contribution < -0.4 is 4.74 Å². The van der Waals surface area contributed by atoms with Gasteiger partial charge < -0.3 is 14.7 Å². The van der Waals surface area contributed by atoms with Crippen molar-refractivity contribution < 1.29 is 36.3 Å². The Labute approximate surface area is 188 Å². The van der Waals surface area contributed by atoms with Gasteiger partial charge in [-0.3, -0.25) is 0 Å². The number of ether oxygens (including phenoxy) is 1. The molecule has 1 aliphatic heterocycles. The number of piperidine rings is 1. The molecule has 1 N–H and O–H groups in total. The predicted octanol–water partition coefficient (Wildman–Crippen LogP) is 3.35. The fourth-order valence-corrected chi connectivity index (χ4v) is 4.63. The Morgan fingerprint density at radius 2 is 1.82 bits per heavy atom. The first-order valence-corrected chi connectivity index (χ1v) is 11.2. The number of oxime groups is 1. The molecule has 8 nitrogen and oxygen atoms in total. The van der Waals surface area contributed by atoms with Crippen molar-refractivity contribution in [3.8, 4) is 11.8 Å². The second-order valence-corrected chi connectivity index (χ2v) is 9.03. The number of nitriles is 1. The predicted molar refractivity (Wildman–Crippen MR) is 111 cm³/mol. The Morgan fingerprint density at radius 3 is 2.39 bits per heavy atom. The summed E-state index contributed by atoms with van der Waals surface area (Å²) in [5.74, 6) is -0.509. The standard InChI is InChI=1S/C21H20F3N3O5S/c22-21(23,24)31-18-4-6-19(7-5-18)33(29,30)27-10-8-17(9-11-27)26-32-20(14-28)16-3-1-2-15(12-16)13-25/h1-7,12,20,28H,8-11,14H2. The highest BCUT2D eigenvalue weighted by molar-refractivity contribution is 7.89. The topological polar surface area (TPSA) is 112 Å². The summed E-state index contributed by atoms with van der Waals surface area (Å²) >= 11 is 0. The molecule has 0 radical (unpaired) electrons. The minimum Gasteiger partial charge on any atom is -0.406 e. The molecule has 2 aromatic rings. The lowest BCUT2D eigenvalue weighted by molar-refractivity contribution is -0.274. The fraction of sp³-hybridized carbons (Fsp3) is 0.333. The van der Waals surface area contributed by atoms with Crippen LogP contribution in [0.4, 0.5) is 13.2 Å². The van der Waals surface area contributed by atoms with E-state index in [9.17, 15) is 26.7 Å². The zero-order valence-electron chi connectivity index (χ0n) is 17.2. The lowest BCUT2D eigenvalue weighted by Crippen LogP contribution is -2.38. The van der Waals surface area contributed by atoms with Gasteiger partial charge in [-0.1, -0.05) is 17.3 Å². The minimum atomic E-state index is -4.86. The van der Waals surface area contributed by atoms with Crippen molar-refractivity contribution in [2.45, 2.75) is 30.2 Å². The van der Waals surface area contributed by atoms with E-state index in [-0.39, 0.29) is 37.4 Å². The molecule has 0 aliphatic carbocycles. The van der Waals surface area contributed by atoms with Crippen molar-refractivity contribution in [3.05, 3.63) is 59.7 Å². The van der Waals surface area contributed by atoms with Gasteiger partial charge in [-0.05, 0) is 42.0 Å². The maximum Gasteiger partial charge on any atom is 0.573 e. The van der Waals surface area contributed by atoms with Gasteiger partial charge in [-0.25, -0.2) is 8.42 Å². The molecule has 1 atom stereocenters. The molecule has 176 valence electrons. The number of halogens is 3. The van der Waals surface area contributed by atoms with Crippen LogP contribution in [0, 0.1) is 11.3 Å². The molecule has 1 fully saturated rings. The van der Waals surface area contributed by atoms with Crippen molar-refractivity contribution in [2.75, 3.05) is 19.7 Å². The molecule has 1 saturated heterocycles. The summed E-state index contributed by atoms with van der Waals surface area (Å²) in [7, 11) is -3.90. The molecular weight excluding hydrogens is 463 g/mol. The number of aliphatic hydroxyl groups is 1. The quantitative estimate of drug-likeness (QED) is 0.605. The third-order valence-corrected chi connectivity index (χ3v) is 6.77. The van der Waals surface area contributed by atoms with E-state index in [1.807, 2.05) is 6.07 Å². The summed E-state index contributed by atoms with van der Waals surface area (Å²) in [5, 5.41) is 22.6. The minimum absolute atomic E-state index is 0.110. The van der Waals surface area contributed by atoms with Crippen molar-refractivity contribution in [1.29, 1.82) is 5.26 Å². The maximum absolute atomic E-state index is 12.8. The third kappa shape index (κ3) is 6.44. The molecule has 0 spiro atoms. The average molecular weight is 483 g/mol. The van der Waals surface area contributed by atoms with E-state index in [0.717, 1.165) is 24.3 Å². The van der Waals surface area contributed by atoms with Crippen molar-refractivity contribution in [1.82, 2.24) is 4.31 Å². The van der Waals surface area contributed by atoms with Gasteiger partial charge in [0.15, 0.2) is 6.10 Å². The SMILES string of the molecule is N#Cc1cccc(C(CO)ON=C2CCN(S(=O)(=O)c3ccc(OC(F)(F)F)cc3)CC2)c1. The molecule has 2 aromatic carbocycles. The van der Waals surface area contributed by atoms with Gasteiger partial charge in [-0.2, -0.15) is 9.57 Å². The summed E-state index contributed by atoms with van der Waals surface area (Å²) in [6, 6.07) is 12.6. The fourth-order valence-electron chi connectivity index (χ4n) is 3.18. The molecule has 1 heterocycles. The van der Waals surface area contributed by atoms with Gasteiger partial charge in [0, 0.05) is 25.9 Å². The van der Waals surface area contributed by atoms with Crippen LogP contribution in [-0.4, -0.2) is 49.6 Å². The molecule has 12 heteroatoms. The van der Waals surface area contributed by atoms with Gasteiger partial charge in [0.25, 0.3) is 0 Å². The second-order valence-electron chi connectivity index (χ2n) is 7.09. The summed E-state index contributed by atoms with van der Waals surface area (Å²) in [5.41, 5.74) is 1.60. The number of sulfonamides is 1. The third-order valence-electron chi connectivity index (χ3n) is 4.86. The lowest BCUT2D eigenvalue weighted by Gasteiger charge is -2.27. The zero-order chi connectivity index (χ0) is 24.1. The number of rotatable bonds is 7. The number of nitrogens with zero attached hydrogens (tertiary/aromatic N) is 3. The number of alkyl halides is 3. The summed E-state index contributed by atoms with van der Waals surface area (Å²) < 4.78 is 67.3. The van der Waals surface area contributed by atoms with Gasteiger partial charge in [-0.15, -0.1) is 13.2 Å². The highest BCUT2D eigenvalue weighted by atomic mass is 32.2. The maximum atomic E-state index is 12.8. The highest BCUT2D eigenvalue weighted by Crippen LogP contribution is 2.26. The van der Waals surface area contributed by atoms with Gasteiger partial charge >= 0.3 is 6.36 Å². The first-order chi connectivity index (χ1) is 15.6.